The van der Waals surface area contributed by atoms with Crippen molar-refractivity contribution in [2.75, 3.05) is 0 Å². The molecule has 2 rings (SSSR count). The fourth-order valence-electron chi connectivity index (χ4n) is 2.02. The molecule has 1 aromatic carbocycles. The van der Waals surface area contributed by atoms with E-state index in [1.54, 1.807) is 12.1 Å². The lowest BCUT2D eigenvalue weighted by atomic mass is 9.81. The number of benzene rings is 1. The molecule has 0 saturated carbocycles. The van der Waals surface area contributed by atoms with E-state index in [1.807, 2.05) is 6.07 Å². The topological polar surface area (TPSA) is 34.1 Å². The van der Waals surface area contributed by atoms with Gasteiger partial charge in [-0.15, -0.1) is 0 Å². The maximum Gasteiger partial charge on any atom is 0.166 e. The summed E-state index contributed by atoms with van der Waals surface area (Å²) in [6.07, 6.45) is 2.77. The molecule has 1 aliphatic rings. The maximum absolute atomic E-state index is 11.9. The molecule has 0 aromatic heterocycles. The first kappa shape index (κ1) is 10.4. The first-order chi connectivity index (χ1) is 7.22. The van der Waals surface area contributed by atoms with Crippen molar-refractivity contribution in [3.05, 3.63) is 34.3 Å². The van der Waals surface area contributed by atoms with Crippen molar-refractivity contribution >= 4 is 23.7 Å². The molecule has 1 aromatic rings. The SMILES string of the molecule is O=CCC1CCc2ccc(Cl)cc2C1=O. The van der Waals surface area contributed by atoms with Crippen LogP contribution in [0.1, 0.15) is 28.8 Å². The fourth-order valence-corrected chi connectivity index (χ4v) is 2.19. The molecule has 0 radical (unpaired) electrons. The molecule has 0 amide bonds. The summed E-state index contributed by atoms with van der Waals surface area (Å²) in [5.41, 5.74) is 1.74. The van der Waals surface area contributed by atoms with E-state index < -0.39 is 0 Å². The highest BCUT2D eigenvalue weighted by Crippen LogP contribution is 2.28. The predicted molar refractivity (Wildman–Crippen MR) is 58.3 cm³/mol. The van der Waals surface area contributed by atoms with Crippen molar-refractivity contribution in [1.82, 2.24) is 0 Å². The van der Waals surface area contributed by atoms with Gasteiger partial charge < -0.3 is 4.79 Å². The van der Waals surface area contributed by atoms with Gasteiger partial charge in [0, 0.05) is 22.9 Å². The molecular weight excluding hydrogens is 212 g/mol. The van der Waals surface area contributed by atoms with Crippen LogP contribution in [0, 0.1) is 5.92 Å². The van der Waals surface area contributed by atoms with E-state index in [0.29, 0.717) is 17.0 Å². The summed E-state index contributed by atoms with van der Waals surface area (Å²) in [7, 11) is 0. The molecule has 1 atom stereocenters. The Hall–Kier alpha value is -1.15. The molecule has 3 heteroatoms. The molecule has 2 nitrogen and oxygen atoms in total. The Balaban J connectivity index is 2.36. The van der Waals surface area contributed by atoms with Crippen LogP contribution in [0.15, 0.2) is 18.2 Å². The fraction of sp³-hybridized carbons (Fsp3) is 0.333. The minimum Gasteiger partial charge on any atom is -0.303 e. The minimum absolute atomic E-state index is 0.0610. The monoisotopic (exact) mass is 222 g/mol. The van der Waals surface area contributed by atoms with Gasteiger partial charge in [0.15, 0.2) is 5.78 Å². The Morgan fingerprint density at radius 3 is 3.00 bits per heavy atom. The second-order valence-corrected chi connectivity index (χ2v) is 4.24. The van der Waals surface area contributed by atoms with Gasteiger partial charge in [0.2, 0.25) is 0 Å². The largest absolute Gasteiger partial charge is 0.303 e. The van der Waals surface area contributed by atoms with Gasteiger partial charge in [-0.3, -0.25) is 4.79 Å². The highest BCUT2D eigenvalue weighted by molar-refractivity contribution is 6.31. The quantitative estimate of drug-likeness (QED) is 0.721. The average molecular weight is 223 g/mol. The standard InChI is InChI=1S/C12H11ClO2/c13-10-4-3-8-1-2-9(5-6-14)12(15)11(8)7-10/h3-4,6-7,9H,1-2,5H2. The van der Waals surface area contributed by atoms with Crippen molar-refractivity contribution in [1.29, 1.82) is 0 Å². The number of aryl methyl sites for hydroxylation is 1. The van der Waals surface area contributed by atoms with Crippen LogP contribution in [-0.4, -0.2) is 12.1 Å². The van der Waals surface area contributed by atoms with E-state index in [2.05, 4.69) is 0 Å². The molecular formula is C12H11ClO2. The molecule has 1 aliphatic carbocycles. The van der Waals surface area contributed by atoms with E-state index in [0.717, 1.165) is 24.7 Å². The number of hydrogen-bond acceptors (Lipinski definition) is 2. The third-order valence-corrected chi connectivity index (χ3v) is 3.09. The number of fused-ring (bicyclic) bond motifs is 1. The summed E-state index contributed by atoms with van der Waals surface area (Å²) < 4.78 is 0. The molecule has 0 fully saturated rings. The lowest BCUT2D eigenvalue weighted by molar-refractivity contribution is -0.108. The first-order valence-corrected chi connectivity index (χ1v) is 5.36. The first-order valence-electron chi connectivity index (χ1n) is 4.98. The predicted octanol–water partition coefficient (Wildman–Crippen LogP) is 2.67. The van der Waals surface area contributed by atoms with Crippen molar-refractivity contribution < 1.29 is 9.59 Å². The summed E-state index contributed by atoms with van der Waals surface area (Å²) in [4.78, 5) is 22.4. The summed E-state index contributed by atoms with van der Waals surface area (Å²) in [5.74, 6) is -0.0840. The van der Waals surface area contributed by atoms with Crippen LogP contribution in [0.4, 0.5) is 0 Å². The summed E-state index contributed by atoms with van der Waals surface area (Å²) in [6.45, 7) is 0. The highest BCUT2D eigenvalue weighted by atomic mass is 35.5. The molecule has 15 heavy (non-hydrogen) atoms. The number of halogens is 1. The molecule has 0 N–H and O–H groups in total. The number of carbonyl (C=O) groups excluding carboxylic acids is 2. The third-order valence-electron chi connectivity index (χ3n) is 2.85. The van der Waals surface area contributed by atoms with Crippen LogP contribution in [-0.2, 0) is 11.2 Å². The van der Waals surface area contributed by atoms with Gasteiger partial charge in [-0.2, -0.15) is 0 Å². The van der Waals surface area contributed by atoms with Gasteiger partial charge in [-0.05, 0) is 30.5 Å². The minimum atomic E-state index is -0.145. The molecule has 0 aliphatic heterocycles. The van der Waals surface area contributed by atoms with Crippen molar-refractivity contribution in [3.8, 4) is 0 Å². The van der Waals surface area contributed by atoms with Gasteiger partial charge in [-0.1, -0.05) is 17.7 Å². The maximum atomic E-state index is 11.9. The Bertz CT molecular complexity index is 412. The second-order valence-electron chi connectivity index (χ2n) is 3.80. The molecule has 0 saturated heterocycles. The van der Waals surface area contributed by atoms with Crippen LogP contribution < -0.4 is 0 Å². The molecule has 0 heterocycles. The Kier molecular flexibility index (Phi) is 2.87. The number of carbonyl (C=O) groups is 2. The molecule has 0 bridgehead atoms. The van der Waals surface area contributed by atoms with Gasteiger partial charge >= 0.3 is 0 Å². The van der Waals surface area contributed by atoms with Gasteiger partial charge in [0.25, 0.3) is 0 Å². The van der Waals surface area contributed by atoms with Gasteiger partial charge in [0.1, 0.15) is 6.29 Å². The Morgan fingerprint density at radius 2 is 2.27 bits per heavy atom. The highest BCUT2D eigenvalue weighted by Gasteiger charge is 2.26. The van der Waals surface area contributed by atoms with Crippen LogP contribution in [0.5, 0.6) is 0 Å². The summed E-state index contributed by atoms with van der Waals surface area (Å²) >= 11 is 5.84. The van der Waals surface area contributed by atoms with E-state index in [-0.39, 0.29) is 11.7 Å². The smallest absolute Gasteiger partial charge is 0.166 e. The average Bonchev–Trinajstić information content (AvgIpc) is 2.23. The van der Waals surface area contributed by atoms with E-state index in [9.17, 15) is 9.59 Å². The Labute approximate surface area is 93.2 Å². The van der Waals surface area contributed by atoms with Crippen molar-refractivity contribution in [2.24, 2.45) is 5.92 Å². The summed E-state index contributed by atoms with van der Waals surface area (Å²) in [6, 6.07) is 5.40. The zero-order valence-corrected chi connectivity index (χ0v) is 8.96. The van der Waals surface area contributed by atoms with Gasteiger partial charge in [0.05, 0.1) is 0 Å². The van der Waals surface area contributed by atoms with Crippen LogP contribution in [0.2, 0.25) is 5.02 Å². The lowest BCUT2D eigenvalue weighted by Gasteiger charge is -2.21. The van der Waals surface area contributed by atoms with Crippen LogP contribution in [0.3, 0.4) is 0 Å². The van der Waals surface area contributed by atoms with E-state index in [4.69, 9.17) is 11.6 Å². The molecule has 0 spiro atoms. The van der Waals surface area contributed by atoms with Crippen LogP contribution in [0.25, 0.3) is 0 Å². The number of hydrogen-bond donors (Lipinski definition) is 0. The number of rotatable bonds is 2. The zero-order chi connectivity index (χ0) is 10.8. The normalized spacial score (nSPS) is 19.8. The third kappa shape index (κ3) is 1.95. The number of Topliss-reactive ketones (excluding diaryl/α,β-unsaturated/α-hetero) is 1. The van der Waals surface area contributed by atoms with Gasteiger partial charge in [-0.25, -0.2) is 0 Å². The molecule has 78 valence electrons. The summed E-state index contributed by atoms with van der Waals surface area (Å²) in [5, 5.41) is 0.578. The number of aldehydes is 1. The van der Waals surface area contributed by atoms with E-state index in [1.165, 1.54) is 0 Å². The lowest BCUT2D eigenvalue weighted by Crippen LogP contribution is -2.22. The Morgan fingerprint density at radius 1 is 1.47 bits per heavy atom. The second kappa shape index (κ2) is 4.15. The van der Waals surface area contributed by atoms with Crippen LogP contribution >= 0.6 is 11.6 Å². The van der Waals surface area contributed by atoms with E-state index >= 15 is 0 Å². The zero-order valence-electron chi connectivity index (χ0n) is 8.20. The number of ketones is 1. The van der Waals surface area contributed by atoms with Crippen molar-refractivity contribution in [3.63, 3.8) is 0 Å². The molecule has 1 unspecified atom stereocenters. The van der Waals surface area contributed by atoms with Crippen molar-refractivity contribution in [2.45, 2.75) is 19.3 Å².